The maximum Gasteiger partial charge on any atom is 0.142 e. The standard InChI is InChI=1S/C18H30N2O3/c1-12(2)22-18-6-5-15(9-16(18)19)17(21)7-8-20-10-13(3)23-14(4)11-20/h5-6,9,12-14,17,21H,7-8,10-11,19H2,1-4H3. The summed E-state index contributed by atoms with van der Waals surface area (Å²) in [4.78, 5) is 2.35. The summed E-state index contributed by atoms with van der Waals surface area (Å²) in [7, 11) is 0. The van der Waals surface area contributed by atoms with Crippen LogP contribution in [-0.2, 0) is 4.74 Å². The highest BCUT2D eigenvalue weighted by Crippen LogP contribution is 2.28. The van der Waals surface area contributed by atoms with Crippen molar-refractivity contribution in [3.63, 3.8) is 0 Å². The van der Waals surface area contributed by atoms with E-state index in [1.165, 1.54) is 0 Å². The molecule has 1 fully saturated rings. The Hall–Kier alpha value is -1.30. The third kappa shape index (κ3) is 5.37. The number of aliphatic hydroxyl groups is 1. The summed E-state index contributed by atoms with van der Waals surface area (Å²) in [6.07, 6.45) is 0.749. The second-order valence-corrected chi connectivity index (χ2v) is 6.79. The summed E-state index contributed by atoms with van der Waals surface area (Å²) in [6, 6.07) is 5.54. The summed E-state index contributed by atoms with van der Waals surface area (Å²) in [6.45, 7) is 10.8. The lowest BCUT2D eigenvalue weighted by atomic mass is 10.0. The molecule has 0 amide bonds. The van der Waals surface area contributed by atoms with Crippen molar-refractivity contribution >= 4 is 5.69 Å². The van der Waals surface area contributed by atoms with Gasteiger partial charge >= 0.3 is 0 Å². The number of ether oxygens (including phenoxy) is 2. The Morgan fingerprint density at radius 1 is 1.30 bits per heavy atom. The molecule has 5 heteroatoms. The van der Waals surface area contributed by atoms with Crippen LogP contribution < -0.4 is 10.5 Å². The fourth-order valence-corrected chi connectivity index (χ4v) is 3.07. The highest BCUT2D eigenvalue weighted by atomic mass is 16.5. The van der Waals surface area contributed by atoms with Gasteiger partial charge in [0.1, 0.15) is 5.75 Å². The number of benzene rings is 1. The molecule has 1 aliphatic heterocycles. The average Bonchev–Trinajstić information content (AvgIpc) is 2.45. The molecule has 130 valence electrons. The van der Waals surface area contributed by atoms with E-state index in [4.69, 9.17) is 15.2 Å². The van der Waals surface area contributed by atoms with Crippen LogP contribution in [0, 0.1) is 0 Å². The van der Waals surface area contributed by atoms with E-state index in [9.17, 15) is 5.11 Å². The minimum Gasteiger partial charge on any atom is -0.489 e. The fraction of sp³-hybridized carbons (Fsp3) is 0.667. The first-order valence-corrected chi connectivity index (χ1v) is 8.47. The molecule has 5 nitrogen and oxygen atoms in total. The number of rotatable bonds is 6. The van der Waals surface area contributed by atoms with Crippen LogP contribution in [0.4, 0.5) is 5.69 Å². The summed E-state index contributed by atoms with van der Waals surface area (Å²) in [5.41, 5.74) is 7.43. The van der Waals surface area contributed by atoms with Gasteiger partial charge in [0.25, 0.3) is 0 Å². The molecule has 1 aromatic rings. The molecule has 2 rings (SSSR count). The molecule has 0 aliphatic carbocycles. The van der Waals surface area contributed by atoms with Crippen molar-refractivity contribution in [2.75, 3.05) is 25.4 Å². The molecule has 1 saturated heterocycles. The molecule has 0 aromatic heterocycles. The van der Waals surface area contributed by atoms with E-state index in [2.05, 4.69) is 18.7 Å². The van der Waals surface area contributed by atoms with Crippen LogP contribution in [-0.4, -0.2) is 48.0 Å². The maximum absolute atomic E-state index is 10.4. The van der Waals surface area contributed by atoms with E-state index in [1.807, 2.05) is 32.0 Å². The highest BCUT2D eigenvalue weighted by Gasteiger charge is 2.22. The zero-order valence-corrected chi connectivity index (χ0v) is 14.7. The highest BCUT2D eigenvalue weighted by molar-refractivity contribution is 5.54. The van der Waals surface area contributed by atoms with E-state index in [0.29, 0.717) is 17.9 Å². The quantitative estimate of drug-likeness (QED) is 0.788. The Bertz CT molecular complexity index is 497. The predicted molar refractivity (Wildman–Crippen MR) is 92.6 cm³/mol. The number of anilines is 1. The van der Waals surface area contributed by atoms with Gasteiger partial charge < -0.3 is 20.3 Å². The molecule has 0 radical (unpaired) electrons. The van der Waals surface area contributed by atoms with Crippen molar-refractivity contribution < 1.29 is 14.6 Å². The molecule has 1 aliphatic rings. The molecule has 3 N–H and O–H groups in total. The number of hydrogen-bond acceptors (Lipinski definition) is 5. The monoisotopic (exact) mass is 322 g/mol. The van der Waals surface area contributed by atoms with Crippen LogP contribution in [0.25, 0.3) is 0 Å². The fourth-order valence-electron chi connectivity index (χ4n) is 3.07. The third-order valence-corrected chi connectivity index (χ3v) is 4.00. The smallest absolute Gasteiger partial charge is 0.142 e. The summed E-state index contributed by atoms with van der Waals surface area (Å²) in [5, 5.41) is 10.4. The number of nitrogen functional groups attached to an aromatic ring is 1. The molecule has 23 heavy (non-hydrogen) atoms. The topological polar surface area (TPSA) is 68.0 Å². The molecule has 3 atom stereocenters. The van der Waals surface area contributed by atoms with Crippen LogP contribution >= 0.6 is 0 Å². The van der Waals surface area contributed by atoms with Gasteiger partial charge in [-0.2, -0.15) is 0 Å². The predicted octanol–water partition coefficient (Wildman–Crippen LogP) is 2.59. The molecule has 0 bridgehead atoms. The van der Waals surface area contributed by atoms with E-state index in [1.54, 1.807) is 0 Å². The van der Waals surface area contributed by atoms with Crippen molar-refractivity contribution in [3.05, 3.63) is 23.8 Å². The Morgan fingerprint density at radius 3 is 2.52 bits per heavy atom. The molecule has 1 aromatic carbocycles. The molecular formula is C18H30N2O3. The minimum atomic E-state index is -0.515. The van der Waals surface area contributed by atoms with E-state index < -0.39 is 6.10 Å². The van der Waals surface area contributed by atoms with Gasteiger partial charge in [0.05, 0.1) is 30.1 Å². The van der Waals surface area contributed by atoms with Crippen LogP contribution in [0.2, 0.25) is 0 Å². The first kappa shape index (κ1) is 18.0. The van der Waals surface area contributed by atoms with Gasteiger partial charge in [-0.3, -0.25) is 4.90 Å². The second-order valence-electron chi connectivity index (χ2n) is 6.79. The lowest BCUT2D eigenvalue weighted by Gasteiger charge is -2.35. The van der Waals surface area contributed by atoms with E-state index in [-0.39, 0.29) is 18.3 Å². The lowest BCUT2D eigenvalue weighted by Crippen LogP contribution is -2.45. The minimum absolute atomic E-state index is 0.0818. The Labute approximate surface area is 139 Å². The van der Waals surface area contributed by atoms with Crippen molar-refractivity contribution in [1.82, 2.24) is 4.90 Å². The van der Waals surface area contributed by atoms with Gasteiger partial charge in [-0.05, 0) is 51.8 Å². The van der Waals surface area contributed by atoms with Crippen molar-refractivity contribution in [1.29, 1.82) is 0 Å². The van der Waals surface area contributed by atoms with E-state index >= 15 is 0 Å². The van der Waals surface area contributed by atoms with Gasteiger partial charge in [-0.25, -0.2) is 0 Å². The molecular weight excluding hydrogens is 292 g/mol. The molecule has 1 heterocycles. The van der Waals surface area contributed by atoms with Crippen molar-refractivity contribution in [3.8, 4) is 5.75 Å². The first-order chi connectivity index (χ1) is 10.8. The molecule has 0 spiro atoms. The van der Waals surface area contributed by atoms with Gasteiger partial charge in [-0.15, -0.1) is 0 Å². The number of morpholine rings is 1. The van der Waals surface area contributed by atoms with E-state index in [0.717, 1.165) is 25.2 Å². The van der Waals surface area contributed by atoms with Gasteiger partial charge in [0.15, 0.2) is 0 Å². The molecule has 0 saturated carbocycles. The number of aliphatic hydroxyl groups excluding tert-OH is 1. The Balaban J connectivity index is 1.90. The zero-order valence-electron chi connectivity index (χ0n) is 14.7. The van der Waals surface area contributed by atoms with Crippen molar-refractivity contribution in [2.45, 2.75) is 58.5 Å². The molecule has 3 unspecified atom stereocenters. The number of nitrogens with zero attached hydrogens (tertiary/aromatic N) is 1. The summed E-state index contributed by atoms with van der Waals surface area (Å²) >= 11 is 0. The summed E-state index contributed by atoms with van der Waals surface area (Å²) in [5.74, 6) is 0.673. The Morgan fingerprint density at radius 2 is 1.96 bits per heavy atom. The SMILES string of the molecule is CC(C)Oc1ccc(C(O)CCN2CC(C)OC(C)C2)cc1N. The van der Waals surface area contributed by atoms with Gasteiger partial charge in [-0.1, -0.05) is 6.07 Å². The van der Waals surface area contributed by atoms with Gasteiger partial charge in [0.2, 0.25) is 0 Å². The van der Waals surface area contributed by atoms with Crippen LogP contribution in [0.5, 0.6) is 5.75 Å². The number of nitrogens with two attached hydrogens (primary N) is 1. The average molecular weight is 322 g/mol. The third-order valence-electron chi connectivity index (χ3n) is 4.00. The first-order valence-electron chi connectivity index (χ1n) is 8.47. The van der Waals surface area contributed by atoms with Gasteiger partial charge in [0, 0.05) is 19.6 Å². The number of hydrogen-bond donors (Lipinski definition) is 2. The second kappa shape index (κ2) is 7.99. The largest absolute Gasteiger partial charge is 0.489 e. The van der Waals surface area contributed by atoms with Crippen LogP contribution in [0.3, 0.4) is 0 Å². The van der Waals surface area contributed by atoms with Crippen molar-refractivity contribution in [2.24, 2.45) is 0 Å². The van der Waals surface area contributed by atoms with Crippen LogP contribution in [0.1, 0.15) is 45.8 Å². The Kier molecular flexibility index (Phi) is 6.27. The summed E-state index contributed by atoms with van der Waals surface area (Å²) < 4.78 is 11.4. The van der Waals surface area contributed by atoms with Crippen LogP contribution in [0.15, 0.2) is 18.2 Å². The zero-order chi connectivity index (χ0) is 17.0. The lowest BCUT2D eigenvalue weighted by molar-refractivity contribution is -0.0702. The normalized spacial score (nSPS) is 23.9. The maximum atomic E-state index is 10.4.